The second kappa shape index (κ2) is 12.4. The van der Waals surface area contributed by atoms with Gasteiger partial charge in [-0.1, -0.05) is 46.9 Å². The fourth-order valence-corrected chi connectivity index (χ4v) is 4.40. The van der Waals surface area contributed by atoms with Crippen molar-refractivity contribution in [3.63, 3.8) is 0 Å². The van der Waals surface area contributed by atoms with Gasteiger partial charge < -0.3 is 15.1 Å². The molecule has 0 saturated carbocycles. The number of nitro benzene ring substituents is 1. The molecule has 1 aromatic carbocycles. The van der Waals surface area contributed by atoms with Gasteiger partial charge in [-0.15, -0.1) is 0 Å². The maximum atomic E-state index is 11.6. The molecule has 35 heavy (non-hydrogen) atoms. The minimum absolute atomic E-state index is 0.0845. The molecule has 0 radical (unpaired) electrons. The van der Waals surface area contributed by atoms with Crippen molar-refractivity contribution in [1.82, 2.24) is 9.88 Å². The van der Waals surface area contributed by atoms with Crippen LogP contribution in [0.2, 0.25) is 0 Å². The van der Waals surface area contributed by atoms with E-state index in [0.29, 0.717) is 6.04 Å². The number of allylic oxidation sites excluding steroid dienone is 3. The second-order valence-electron chi connectivity index (χ2n) is 8.08. The number of aromatic nitrogens is 1. The highest BCUT2D eigenvalue weighted by Crippen LogP contribution is 2.33. The molecule has 0 bridgehead atoms. The molecule has 2 N–H and O–H groups in total. The Labute approximate surface area is 217 Å². The lowest BCUT2D eigenvalue weighted by Gasteiger charge is -2.29. The number of carboxylic acids is 2. The van der Waals surface area contributed by atoms with E-state index >= 15 is 0 Å². The molecular formula is C25H28IN3O6. The van der Waals surface area contributed by atoms with Gasteiger partial charge in [-0.05, 0) is 46.1 Å². The Hall–Kier alpha value is -3.28. The van der Waals surface area contributed by atoms with Crippen molar-refractivity contribution in [2.24, 2.45) is 0 Å². The van der Waals surface area contributed by atoms with Gasteiger partial charge in [-0.3, -0.25) is 15.1 Å². The summed E-state index contributed by atoms with van der Waals surface area (Å²) in [6, 6.07) is 5.78. The Balaban J connectivity index is 0.000000303. The van der Waals surface area contributed by atoms with Crippen LogP contribution in [0, 0.1) is 24.0 Å². The van der Waals surface area contributed by atoms with E-state index < -0.39 is 16.9 Å². The number of benzene rings is 1. The van der Waals surface area contributed by atoms with Crippen LogP contribution in [0.4, 0.5) is 5.69 Å². The van der Waals surface area contributed by atoms with Crippen LogP contribution in [0.15, 0.2) is 48.3 Å². The Kier molecular flexibility index (Phi) is 9.93. The minimum atomic E-state index is -1.35. The van der Waals surface area contributed by atoms with Crippen LogP contribution in [0.1, 0.15) is 58.8 Å². The molecule has 0 fully saturated rings. The van der Waals surface area contributed by atoms with E-state index in [4.69, 9.17) is 0 Å². The first-order chi connectivity index (χ1) is 16.5. The molecule has 3 rings (SSSR count). The van der Waals surface area contributed by atoms with E-state index in [9.17, 15) is 29.9 Å². The van der Waals surface area contributed by atoms with Crippen LogP contribution in [0.25, 0.3) is 11.1 Å². The quantitative estimate of drug-likeness (QED) is 0.173. The summed E-state index contributed by atoms with van der Waals surface area (Å²) in [6.07, 6.45) is 9.07. The molecule has 1 aliphatic heterocycles. The van der Waals surface area contributed by atoms with Gasteiger partial charge in [0.1, 0.15) is 0 Å². The van der Waals surface area contributed by atoms with E-state index in [1.165, 1.54) is 48.6 Å². The lowest BCUT2D eigenvalue weighted by molar-refractivity contribution is -0.384. The number of halogens is 1. The average Bonchev–Trinajstić information content (AvgIpc) is 2.79. The molecule has 1 aromatic heterocycles. The molecule has 0 saturated heterocycles. The number of alkyl halides is 1. The van der Waals surface area contributed by atoms with E-state index in [0.717, 1.165) is 12.5 Å². The summed E-state index contributed by atoms with van der Waals surface area (Å²) in [5.41, 5.74) is 0.996. The highest BCUT2D eigenvalue weighted by molar-refractivity contribution is 14.1. The van der Waals surface area contributed by atoms with Crippen LogP contribution in [-0.4, -0.2) is 47.4 Å². The summed E-state index contributed by atoms with van der Waals surface area (Å²) in [4.78, 5) is 39.7. The van der Waals surface area contributed by atoms with Gasteiger partial charge in [0.15, 0.2) is 0 Å². The Morgan fingerprint density at radius 2 is 1.77 bits per heavy atom. The van der Waals surface area contributed by atoms with Crippen molar-refractivity contribution in [2.45, 2.75) is 46.6 Å². The largest absolute Gasteiger partial charge is 0.478 e. The normalized spacial score (nSPS) is 12.6. The molecule has 186 valence electrons. The van der Waals surface area contributed by atoms with Crippen molar-refractivity contribution < 1.29 is 24.7 Å². The van der Waals surface area contributed by atoms with Crippen molar-refractivity contribution in [3.05, 3.63) is 80.9 Å². The van der Waals surface area contributed by atoms with Gasteiger partial charge in [-0.2, -0.15) is 0 Å². The Morgan fingerprint density at radius 1 is 1.17 bits per heavy atom. The highest BCUT2D eigenvalue weighted by Gasteiger charge is 2.26. The van der Waals surface area contributed by atoms with Gasteiger partial charge >= 0.3 is 11.9 Å². The molecular weight excluding hydrogens is 565 g/mol. The van der Waals surface area contributed by atoms with E-state index in [1.54, 1.807) is 0 Å². The third kappa shape index (κ3) is 6.87. The Bertz CT molecular complexity index is 1150. The number of aryl methyl sites for hydroxylation is 2. The van der Waals surface area contributed by atoms with E-state index in [1.807, 2.05) is 0 Å². The number of aromatic carboxylic acids is 2. The molecule has 10 heteroatoms. The number of carboxylic acid groups (broad SMARTS) is 2. The highest BCUT2D eigenvalue weighted by atomic mass is 127. The number of carbonyl (C=O) groups is 2. The minimum Gasteiger partial charge on any atom is -0.478 e. The molecule has 1 aliphatic rings. The van der Waals surface area contributed by atoms with Crippen LogP contribution in [0.5, 0.6) is 0 Å². The number of hydrogen-bond acceptors (Lipinski definition) is 6. The zero-order valence-electron chi connectivity index (χ0n) is 20.0. The number of non-ortho nitro benzene ring substituents is 1. The summed E-state index contributed by atoms with van der Waals surface area (Å²) >= 11 is 2.43. The lowest BCUT2D eigenvalue weighted by Crippen LogP contribution is -2.26. The zero-order chi connectivity index (χ0) is 26.3. The van der Waals surface area contributed by atoms with Crippen LogP contribution in [0.3, 0.4) is 0 Å². The molecule has 0 atom stereocenters. The summed E-state index contributed by atoms with van der Waals surface area (Å²) < 4.78 is 1.21. The fraction of sp³-hybridized carbons (Fsp3) is 0.320. The molecule has 2 heterocycles. The van der Waals surface area contributed by atoms with Crippen molar-refractivity contribution in [2.75, 3.05) is 4.43 Å². The van der Waals surface area contributed by atoms with Gasteiger partial charge in [0.25, 0.3) is 5.69 Å². The Morgan fingerprint density at radius 3 is 2.26 bits per heavy atom. The van der Waals surface area contributed by atoms with Crippen molar-refractivity contribution in [1.29, 1.82) is 0 Å². The average molecular weight is 593 g/mol. The number of pyridine rings is 1. The fourth-order valence-electron chi connectivity index (χ4n) is 3.85. The monoisotopic (exact) mass is 593 g/mol. The van der Waals surface area contributed by atoms with Crippen LogP contribution < -0.4 is 0 Å². The molecule has 9 nitrogen and oxygen atoms in total. The first-order valence-corrected chi connectivity index (χ1v) is 12.4. The number of rotatable bonds is 7. The molecule has 0 amide bonds. The maximum Gasteiger partial charge on any atom is 0.338 e. The summed E-state index contributed by atoms with van der Waals surface area (Å²) in [5, 5.41) is 29.7. The molecule has 2 aromatic rings. The molecule has 0 spiro atoms. The summed E-state index contributed by atoms with van der Waals surface area (Å²) in [5.74, 6) is -2.70. The summed E-state index contributed by atoms with van der Waals surface area (Å²) in [6.45, 7) is 7.36. The van der Waals surface area contributed by atoms with Gasteiger partial charge in [0.2, 0.25) is 0 Å². The SMILES string of the molecule is CC(C)N1C=CCC=C1CCI.Cc1nc(C)c(C(=O)O)c(-c2cccc([N+](=O)[O-])c2)c1C(=O)O. The predicted molar refractivity (Wildman–Crippen MR) is 142 cm³/mol. The van der Waals surface area contributed by atoms with Crippen LogP contribution in [-0.2, 0) is 0 Å². The van der Waals surface area contributed by atoms with Gasteiger partial charge in [0, 0.05) is 40.1 Å². The van der Waals surface area contributed by atoms with Gasteiger partial charge in [-0.25, -0.2) is 9.59 Å². The zero-order valence-corrected chi connectivity index (χ0v) is 22.1. The van der Waals surface area contributed by atoms with Crippen LogP contribution >= 0.6 is 22.6 Å². The first-order valence-electron chi connectivity index (χ1n) is 10.9. The molecule has 0 unspecified atom stereocenters. The number of hydrogen-bond donors (Lipinski definition) is 2. The van der Waals surface area contributed by atoms with Gasteiger partial charge in [0.05, 0.1) is 27.4 Å². The molecule has 0 aliphatic carbocycles. The van der Waals surface area contributed by atoms with E-state index in [-0.39, 0.29) is 39.3 Å². The predicted octanol–water partition coefficient (Wildman–Crippen LogP) is 5.99. The third-order valence-electron chi connectivity index (χ3n) is 5.33. The topological polar surface area (TPSA) is 134 Å². The van der Waals surface area contributed by atoms with E-state index in [2.05, 4.69) is 64.7 Å². The smallest absolute Gasteiger partial charge is 0.338 e. The summed E-state index contributed by atoms with van der Waals surface area (Å²) in [7, 11) is 0. The number of nitrogens with zero attached hydrogens (tertiary/aromatic N) is 3. The second-order valence-corrected chi connectivity index (χ2v) is 9.16. The first kappa shape index (κ1) is 28.0. The standard InChI is InChI=1S/C15H12N2O6.C10H16IN/c1-7-11(14(18)19)13(12(15(20)21)8(2)16-7)9-4-3-5-10(6-9)17(22)23;1-9(2)12-8-4-3-5-10(12)6-7-11/h3-6H,1-2H3,(H,18,19)(H,20,21);4-5,8-9H,3,6-7H2,1-2H3. The van der Waals surface area contributed by atoms with Crippen molar-refractivity contribution >= 4 is 40.2 Å². The number of nitro groups is 1. The third-order valence-corrected chi connectivity index (χ3v) is 5.87. The van der Waals surface area contributed by atoms with Crippen molar-refractivity contribution in [3.8, 4) is 11.1 Å². The lowest BCUT2D eigenvalue weighted by atomic mass is 9.92. The maximum absolute atomic E-state index is 11.6.